The Kier molecular flexibility index (Phi) is 10.2. The molecule has 4 bridgehead atoms. The molecule has 6 rings (SSSR count). The molecule has 4 N–H and O–H groups in total. The number of halogens is 3. The number of alkyl halides is 3. The van der Waals surface area contributed by atoms with Gasteiger partial charge in [-0.15, -0.1) is 0 Å². The highest BCUT2D eigenvalue weighted by molar-refractivity contribution is 8.00. The van der Waals surface area contributed by atoms with Gasteiger partial charge in [-0.3, -0.25) is 4.99 Å². The van der Waals surface area contributed by atoms with Gasteiger partial charge in [0.05, 0.1) is 12.1 Å². The molecule has 4 aliphatic carbocycles. The van der Waals surface area contributed by atoms with Crippen LogP contribution in [0.25, 0.3) is 0 Å². The molecule has 2 aromatic carbocycles. The van der Waals surface area contributed by atoms with Crippen LogP contribution in [0.15, 0.2) is 59.6 Å². The maximum atomic E-state index is 11.2. The lowest BCUT2D eigenvalue weighted by Crippen LogP contribution is -2.48. The quantitative estimate of drug-likeness (QED) is 0.153. The zero-order valence-corrected chi connectivity index (χ0v) is 23.5. The van der Waals surface area contributed by atoms with Crippen molar-refractivity contribution in [1.82, 2.24) is 5.32 Å². The second-order valence-electron chi connectivity index (χ2n) is 11.2. The number of carboxylic acids is 2. The smallest absolute Gasteiger partial charge is 0.478 e. The number of aliphatic carboxylic acids is 1. The lowest BCUT2D eigenvalue weighted by atomic mass is 9.56. The van der Waals surface area contributed by atoms with E-state index in [1.54, 1.807) is 24.3 Å². The summed E-state index contributed by atoms with van der Waals surface area (Å²) in [5.74, 6) is 1.07. The summed E-state index contributed by atoms with van der Waals surface area (Å²) in [5, 5.41) is 23.1. The number of carboxylic acid groups (broad SMARTS) is 2. The Balaban J connectivity index is 0.000000493. The van der Waals surface area contributed by atoms with Crippen molar-refractivity contribution in [2.24, 2.45) is 22.7 Å². The Hall–Kier alpha value is -3.21. The minimum Gasteiger partial charge on any atom is -0.478 e. The van der Waals surface area contributed by atoms with Gasteiger partial charge in [-0.1, -0.05) is 30.3 Å². The van der Waals surface area contributed by atoms with E-state index in [1.807, 2.05) is 6.07 Å². The molecule has 7 nitrogen and oxygen atoms in total. The van der Waals surface area contributed by atoms with Crippen molar-refractivity contribution in [2.75, 3.05) is 24.2 Å². The molecule has 11 heteroatoms. The average Bonchev–Trinajstić information content (AvgIpc) is 2.91. The molecule has 0 unspecified atom stereocenters. The van der Waals surface area contributed by atoms with E-state index < -0.39 is 18.1 Å². The summed E-state index contributed by atoms with van der Waals surface area (Å²) in [4.78, 5) is 24.9. The van der Waals surface area contributed by atoms with Crippen molar-refractivity contribution in [2.45, 2.75) is 55.9 Å². The molecule has 0 aromatic heterocycles. The first-order chi connectivity index (χ1) is 19.5. The molecule has 0 aliphatic heterocycles. The van der Waals surface area contributed by atoms with Gasteiger partial charge >= 0.3 is 18.1 Å². The minimum atomic E-state index is -5.08. The number of benzene rings is 2. The van der Waals surface area contributed by atoms with E-state index in [9.17, 15) is 18.0 Å². The molecule has 4 aliphatic rings. The van der Waals surface area contributed by atoms with Crippen LogP contribution in [0.1, 0.15) is 54.4 Å². The number of nitrogens with one attached hydrogen (secondary N) is 2. The molecule has 4 fully saturated rings. The molecule has 0 heterocycles. The summed E-state index contributed by atoms with van der Waals surface area (Å²) >= 11 is 2.18. The molecule has 0 saturated heterocycles. The zero-order chi connectivity index (χ0) is 29.5. The maximum Gasteiger partial charge on any atom is 0.490 e. The number of rotatable bonds is 9. The summed E-state index contributed by atoms with van der Waals surface area (Å²) < 4.78 is 32.3. The molecule has 4 saturated carbocycles. The molecular formula is C30H36F3N3O4S. The molecule has 222 valence electrons. The third-order valence-corrected chi connectivity index (χ3v) is 9.44. The predicted molar refractivity (Wildman–Crippen MR) is 155 cm³/mol. The summed E-state index contributed by atoms with van der Waals surface area (Å²) in [7, 11) is 0. The van der Waals surface area contributed by atoms with E-state index in [-0.39, 0.29) is 5.56 Å². The molecule has 41 heavy (non-hydrogen) atoms. The van der Waals surface area contributed by atoms with Crippen LogP contribution >= 0.6 is 11.8 Å². The highest BCUT2D eigenvalue weighted by Gasteiger charge is 2.50. The Morgan fingerprint density at radius 2 is 1.49 bits per heavy atom. The lowest BCUT2D eigenvalue weighted by molar-refractivity contribution is -0.192. The first-order valence-corrected chi connectivity index (χ1v) is 14.9. The second-order valence-corrected chi connectivity index (χ2v) is 12.7. The topological polar surface area (TPSA) is 111 Å². The van der Waals surface area contributed by atoms with Crippen LogP contribution in [0.4, 0.5) is 18.9 Å². The Labute approximate surface area is 242 Å². The van der Waals surface area contributed by atoms with Gasteiger partial charge < -0.3 is 20.8 Å². The number of nitrogens with zero attached hydrogens (tertiary/aromatic N) is 1. The number of thioether (sulfide) groups is 1. The number of hydrogen-bond acceptors (Lipinski definition) is 4. The van der Waals surface area contributed by atoms with Crippen LogP contribution in [0, 0.1) is 17.8 Å². The highest BCUT2D eigenvalue weighted by atomic mass is 32.2. The van der Waals surface area contributed by atoms with Crippen molar-refractivity contribution in [1.29, 1.82) is 0 Å². The number of anilines is 1. The summed E-state index contributed by atoms with van der Waals surface area (Å²) in [6, 6.07) is 17.3. The summed E-state index contributed by atoms with van der Waals surface area (Å²) in [5.41, 5.74) is 2.41. The number of guanidine groups is 1. The van der Waals surface area contributed by atoms with Gasteiger partial charge in [-0.2, -0.15) is 24.9 Å². The average molecular weight is 592 g/mol. The molecule has 0 amide bonds. The van der Waals surface area contributed by atoms with Gasteiger partial charge in [0.25, 0.3) is 0 Å². The van der Waals surface area contributed by atoms with Gasteiger partial charge in [-0.25, -0.2) is 9.59 Å². The molecule has 0 atom stereocenters. The number of hydrogen-bond donors (Lipinski definition) is 4. The third kappa shape index (κ3) is 9.14. The fourth-order valence-corrected chi connectivity index (χ4v) is 8.25. The number of carbonyl (C=O) groups is 2. The van der Waals surface area contributed by atoms with E-state index >= 15 is 0 Å². The van der Waals surface area contributed by atoms with E-state index in [0.29, 0.717) is 4.75 Å². The van der Waals surface area contributed by atoms with E-state index in [1.165, 1.54) is 44.1 Å². The zero-order valence-electron chi connectivity index (χ0n) is 22.7. The molecule has 2 aromatic rings. The van der Waals surface area contributed by atoms with Crippen molar-refractivity contribution in [3.63, 3.8) is 0 Å². The fraction of sp³-hybridized carbons (Fsp3) is 0.500. The number of aromatic carboxylic acids is 1. The monoisotopic (exact) mass is 591 g/mol. The first kappa shape index (κ1) is 30.7. The van der Waals surface area contributed by atoms with Crippen LogP contribution in [0.2, 0.25) is 0 Å². The van der Waals surface area contributed by atoms with Crippen LogP contribution < -0.4 is 10.6 Å². The first-order valence-electron chi connectivity index (χ1n) is 13.9. The van der Waals surface area contributed by atoms with Crippen LogP contribution in [0.5, 0.6) is 0 Å². The standard InChI is InChI=1S/C28H35N3O2S.C2HF3O2/c32-26(33)24-6-8-25(9-7-24)31-27(29-11-10-20-4-2-1-3-5-20)30-12-13-34-28-17-21-14-22(18-28)16-23(15-21)19-28;3-2(4,5)1(6)7/h1-9,21-23H,10-19H2,(H,32,33)(H2,29,30,31);(H,6,7). The minimum absolute atomic E-state index is 0.285. The van der Waals surface area contributed by atoms with Gasteiger partial charge in [0, 0.05) is 22.7 Å². The molecule has 0 radical (unpaired) electrons. The largest absolute Gasteiger partial charge is 0.490 e. The van der Waals surface area contributed by atoms with Crippen LogP contribution in [-0.2, 0) is 11.2 Å². The fourth-order valence-electron chi connectivity index (χ4n) is 6.57. The maximum absolute atomic E-state index is 11.2. The van der Waals surface area contributed by atoms with Crippen LogP contribution in [0.3, 0.4) is 0 Å². The SMILES string of the molecule is O=C(O)C(F)(F)F.O=C(O)c1ccc(NC(=NCCSC23CC4CC(CC(C4)C2)C3)NCCc2ccccc2)cc1. The van der Waals surface area contributed by atoms with Gasteiger partial charge in [-0.05, 0) is 92.5 Å². The van der Waals surface area contributed by atoms with Gasteiger partial charge in [0.15, 0.2) is 5.96 Å². The predicted octanol–water partition coefficient (Wildman–Crippen LogP) is 6.32. The van der Waals surface area contributed by atoms with Crippen molar-refractivity contribution in [3.8, 4) is 0 Å². The summed E-state index contributed by atoms with van der Waals surface area (Å²) in [6.07, 6.45) is 4.55. The summed E-state index contributed by atoms with van der Waals surface area (Å²) in [6.45, 7) is 1.56. The van der Waals surface area contributed by atoms with Crippen molar-refractivity contribution >= 4 is 35.3 Å². The lowest BCUT2D eigenvalue weighted by Gasteiger charge is -2.56. The van der Waals surface area contributed by atoms with Crippen molar-refractivity contribution in [3.05, 3.63) is 65.7 Å². The number of aliphatic imine (C=N–C) groups is 1. The molecule has 0 spiro atoms. The van der Waals surface area contributed by atoms with E-state index in [2.05, 4.69) is 46.7 Å². The van der Waals surface area contributed by atoms with Crippen molar-refractivity contribution < 1.29 is 33.0 Å². The van der Waals surface area contributed by atoms with Gasteiger partial charge in [0.2, 0.25) is 0 Å². The Morgan fingerprint density at radius 1 is 0.927 bits per heavy atom. The van der Waals surface area contributed by atoms with E-state index in [4.69, 9.17) is 20.0 Å². The highest BCUT2D eigenvalue weighted by Crippen LogP contribution is 2.60. The normalized spacial score (nSPS) is 24.8. The van der Waals surface area contributed by atoms with Crippen LogP contribution in [-0.4, -0.2) is 57.9 Å². The molecular weight excluding hydrogens is 555 g/mol. The van der Waals surface area contributed by atoms with Gasteiger partial charge in [0.1, 0.15) is 0 Å². The third-order valence-electron chi connectivity index (χ3n) is 7.94. The Morgan fingerprint density at radius 3 is 2.00 bits per heavy atom. The second kappa shape index (κ2) is 13.6. The van der Waals surface area contributed by atoms with E-state index in [0.717, 1.165) is 54.7 Å². The Bertz CT molecular complexity index is 1170.